The molecule has 9 aromatic rings. The van der Waals surface area contributed by atoms with E-state index in [9.17, 15) is 0 Å². The number of hydrogen-bond acceptors (Lipinski definition) is 1. The number of aromatic nitrogens is 3. The number of benzene rings is 6. The van der Waals surface area contributed by atoms with Crippen molar-refractivity contribution in [3.63, 3.8) is 0 Å². The number of fused-ring (bicyclic) bond motifs is 6. The summed E-state index contributed by atoms with van der Waals surface area (Å²) in [5.41, 5.74) is 11.9. The quantitative estimate of drug-likeness (QED) is 0.210. The molecule has 0 radical (unpaired) electrons. The minimum Gasteiger partial charge on any atom is -0.309 e. The number of para-hydroxylation sites is 2. The van der Waals surface area contributed by atoms with Gasteiger partial charge < -0.3 is 9.13 Å². The third-order valence-electron chi connectivity index (χ3n) is 8.82. The summed E-state index contributed by atoms with van der Waals surface area (Å²) < 4.78 is 4.73. The van der Waals surface area contributed by atoms with Crippen LogP contribution < -0.4 is 0 Å². The van der Waals surface area contributed by atoms with Gasteiger partial charge in [0.05, 0.1) is 22.1 Å². The lowest BCUT2D eigenvalue weighted by molar-refractivity contribution is 1.17. The largest absolute Gasteiger partial charge is 0.309 e. The van der Waals surface area contributed by atoms with Gasteiger partial charge in [-0.2, -0.15) is 0 Å². The monoisotopic (exact) mass is 561 g/mol. The second-order valence-corrected chi connectivity index (χ2v) is 11.3. The van der Waals surface area contributed by atoms with E-state index in [1.165, 1.54) is 55.0 Å². The first-order valence-corrected chi connectivity index (χ1v) is 15.0. The minimum absolute atomic E-state index is 1.15. The summed E-state index contributed by atoms with van der Waals surface area (Å²) in [6.07, 6.45) is 3.87. The first-order chi connectivity index (χ1) is 21.8. The molecule has 0 saturated heterocycles. The summed E-state index contributed by atoms with van der Waals surface area (Å²) in [5.74, 6) is 0. The Morgan fingerprint density at radius 3 is 1.84 bits per heavy atom. The van der Waals surface area contributed by atoms with Crippen LogP contribution in [0.1, 0.15) is 0 Å². The van der Waals surface area contributed by atoms with Crippen LogP contribution in [0.3, 0.4) is 0 Å². The van der Waals surface area contributed by atoms with Crippen LogP contribution >= 0.6 is 0 Å². The van der Waals surface area contributed by atoms with Gasteiger partial charge in [0.2, 0.25) is 0 Å². The van der Waals surface area contributed by atoms with Gasteiger partial charge >= 0.3 is 0 Å². The van der Waals surface area contributed by atoms with Crippen LogP contribution in [0.2, 0.25) is 0 Å². The molecule has 0 aliphatic heterocycles. The molecule has 44 heavy (non-hydrogen) atoms. The molecule has 206 valence electrons. The average Bonchev–Trinajstić information content (AvgIpc) is 3.62. The molecular weight excluding hydrogens is 534 g/mol. The molecule has 0 aliphatic rings. The van der Waals surface area contributed by atoms with Crippen molar-refractivity contribution in [1.29, 1.82) is 0 Å². The summed E-state index contributed by atoms with van der Waals surface area (Å²) in [7, 11) is 0. The molecule has 0 saturated carbocycles. The summed E-state index contributed by atoms with van der Waals surface area (Å²) in [4.78, 5) is 4.51. The van der Waals surface area contributed by atoms with E-state index in [-0.39, 0.29) is 0 Å². The third-order valence-corrected chi connectivity index (χ3v) is 8.82. The Morgan fingerprint density at radius 1 is 0.386 bits per heavy atom. The lowest BCUT2D eigenvalue weighted by atomic mass is 9.98. The first-order valence-electron chi connectivity index (χ1n) is 15.0. The predicted octanol–water partition coefficient (Wildman–Crippen LogP) is 10.6. The van der Waals surface area contributed by atoms with Gasteiger partial charge in [0, 0.05) is 45.3 Å². The molecule has 3 heterocycles. The predicted molar refractivity (Wildman–Crippen MR) is 184 cm³/mol. The Hall–Kier alpha value is -5.93. The summed E-state index contributed by atoms with van der Waals surface area (Å²) in [5, 5.41) is 4.87. The molecule has 0 N–H and O–H groups in total. The van der Waals surface area contributed by atoms with E-state index in [0.717, 1.165) is 22.3 Å². The fourth-order valence-electron chi connectivity index (χ4n) is 6.86. The summed E-state index contributed by atoms with van der Waals surface area (Å²) >= 11 is 0. The maximum atomic E-state index is 4.51. The fourth-order valence-corrected chi connectivity index (χ4v) is 6.86. The van der Waals surface area contributed by atoms with E-state index >= 15 is 0 Å². The highest BCUT2D eigenvalue weighted by Gasteiger charge is 2.18. The Balaban J connectivity index is 1.26. The summed E-state index contributed by atoms with van der Waals surface area (Å²) in [6, 6.07) is 54.5. The van der Waals surface area contributed by atoms with Crippen LogP contribution in [-0.4, -0.2) is 14.1 Å². The molecule has 6 aromatic carbocycles. The van der Waals surface area contributed by atoms with Crippen LogP contribution in [0.15, 0.2) is 164 Å². The van der Waals surface area contributed by atoms with E-state index in [1.807, 2.05) is 12.4 Å². The van der Waals surface area contributed by atoms with Gasteiger partial charge in [-0.25, -0.2) is 0 Å². The van der Waals surface area contributed by atoms with Gasteiger partial charge in [-0.3, -0.25) is 4.98 Å². The van der Waals surface area contributed by atoms with Crippen molar-refractivity contribution < 1.29 is 0 Å². The molecule has 0 amide bonds. The Labute approximate surface area is 254 Å². The molecule has 3 aromatic heterocycles. The second kappa shape index (κ2) is 9.82. The zero-order valence-corrected chi connectivity index (χ0v) is 23.9. The normalized spacial score (nSPS) is 11.6. The van der Waals surface area contributed by atoms with Crippen LogP contribution in [0, 0.1) is 0 Å². The van der Waals surface area contributed by atoms with Gasteiger partial charge in [0.15, 0.2) is 0 Å². The van der Waals surface area contributed by atoms with E-state index in [0.29, 0.717) is 0 Å². The summed E-state index contributed by atoms with van der Waals surface area (Å²) in [6.45, 7) is 0. The van der Waals surface area contributed by atoms with Crippen molar-refractivity contribution in [1.82, 2.24) is 14.1 Å². The second-order valence-electron chi connectivity index (χ2n) is 11.3. The SMILES string of the molecule is c1ccc(-c2ccc(-n3c4ccccc4c4c(-c5ccc6c(c5)c5cnccc5n6-c5ccccc5)cccc43)cc2)cc1. The maximum absolute atomic E-state index is 4.51. The smallest absolute Gasteiger partial charge is 0.0571 e. The zero-order chi connectivity index (χ0) is 29.0. The number of hydrogen-bond donors (Lipinski definition) is 0. The van der Waals surface area contributed by atoms with Gasteiger partial charge in [0.25, 0.3) is 0 Å². The molecule has 0 unspecified atom stereocenters. The Kier molecular flexibility index (Phi) is 5.50. The van der Waals surface area contributed by atoms with Crippen molar-refractivity contribution in [2.24, 2.45) is 0 Å². The molecule has 0 aliphatic carbocycles. The third kappa shape index (κ3) is 3.73. The molecule has 9 rings (SSSR count). The molecule has 0 fully saturated rings. The molecular formula is C41H27N3. The van der Waals surface area contributed by atoms with Crippen LogP contribution in [0.25, 0.3) is 77.2 Å². The molecule has 0 atom stereocenters. The van der Waals surface area contributed by atoms with E-state index in [2.05, 4.69) is 166 Å². The van der Waals surface area contributed by atoms with E-state index in [1.54, 1.807) is 0 Å². The van der Waals surface area contributed by atoms with E-state index in [4.69, 9.17) is 0 Å². The highest BCUT2D eigenvalue weighted by molar-refractivity contribution is 6.17. The van der Waals surface area contributed by atoms with Gasteiger partial charge in [-0.1, -0.05) is 97.1 Å². The van der Waals surface area contributed by atoms with Crippen molar-refractivity contribution >= 4 is 43.6 Å². The standard InChI is InChI=1S/C41H27N3/c1-3-10-28(11-4-1)29-18-21-32(22-19-29)44-37-16-8-7-14-34(37)41-33(15-9-17-40(41)44)30-20-23-38-35(26-30)36-27-42-25-24-39(36)43(38)31-12-5-2-6-13-31/h1-27H. The van der Waals surface area contributed by atoms with Gasteiger partial charge in [-0.15, -0.1) is 0 Å². The number of nitrogens with zero attached hydrogens (tertiary/aromatic N) is 3. The first kappa shape index (κ1) is 24.6. The van der Waals surface area contributed by atoms with E-state index < -0.39 is 0 Å². The lowest BCUT2D eigenvalue weighted by Crippen LogP contribution is -1.94. The Morgan fingerprint density at radius 2 is 1.00 bits per heavy atom. The van der Waals surface area contributed by atoms with Gasteiger partial charge in [0.1, 0.15) is 0 Å². The molecule has 0 spiro atoms. The molecule has 0 bridgehead atoms. The molecule has 3 nitrogen and oxygen atoms in total. The highest BCUT2D eigenvalue weighted by Crippen LogP contribution is 2.41. The highest BCUT2D eigenvalue weighted by atomic mass is 15.0. The number of rotatable bonds is 4. The lowest BCUT2D eigenvalue weighted by Gasteiger charge is -2.11. The number of pyridine rings is 1. The molecule has 3 heteroatoms. The maximum Gasteiger partial charge on any atom is 0.0571 e. The van der Waals surface area contributed by atoms with Crippen LogP contribution in [0.5, 0.6) is 0 Å². The minimum atomic E-state index is 1.15. The van der Waals surface area contributed by atoms with Crippen molar-refractivity contribution in [3.05, 3.63) is 164 Å². The van der Waals surface area contributed by atoms with Crippen LogP contribution in [0.4, 0.5) is 0 Å². The van der Waals surface area contributed by atoms with Crippen molar-refractivity contribution in [2.45, 2.75) is 0 Å². The van der Waals surface area contributed by atoms with Gasteiger partial charge in [-0.05, 0) is 76.9 Å². The Bertz CT molecular complexity index is 2470. The zero-order valence-electron chi connectivity index (χ0n) is 23.9. The van der Waals surface area contributed by atoms with Crippen molar-refractivity contribution in [2.75, 3.05) is 0 Å². The van der Waals surface area contributed by atoms with Crippen LogP contribution in [-0.2, 0) is 0 Å². The fraction of sp³-hybridized carbons (Fsp3) is 0. The average molecular weight is 562 g/mol. The topological polar surface area (TPSA) is 22.8 Å². The van der Waals surface area contributed by atoms with Crippen molar-refractivity contribution in [3.8, 4) is 33.6 Å².